The molecule has 0 atom stereocenters. The first kappa shape index (κ1) is 18.8. The maximum Gasteiger partial charge on any atom is 0.0547 e. The van der Waals surface area contributed by atoms with E-state index in [4.69, 9.17) is 0 Å². The van der Waals surface area contributed by atoms with Crippen molar-refractivity contribution in [3.05, 3.63) is 127 Å². The number of aromatic nitrogens is 1. The van der Waals surface area contributed by atoms with Crippen LogP contribution >= 0.6 is 0 Å². The minimum absolute atomic E-state index is 1.19. The summed E-state index contributed by atoms with van der Waals surface area (Å²) in [5.41, 5.74) is 11.5. The molecular weight excluding hydrogens is 422 g/mol. The Morgan fingerprint density at radius 1 is 0.429 bits per heavy atom. The molecule has 0 unspecified atom stereocenters. The summed E-state index contributed by atoms with van der Waals surface area (Å²) >= 11 is 0. The third-order valence-corrected chi connectivity index (χ3v) is 7.51. The van der Waals surface area contributed by atoms with Gasteiger partial charge in [0, 0.05) is 22.0 Å². The normalized spacial score (nSPS) is 12.0. The number of nitrogens with zero attached hydrogens (tertiary/aromatic N) is 1. The molecule has 1 aromatic heterocycles. The van der Waals surface area contributed by atoms with E-state index in [1.165, 1.54) is 71.6 Å². The zero-order valence-electron chi connectivity index (χ0n) is 19.1. The third-order valence-electron chi connectivity index (χ3n) is 7.51. The minimum atomic E-state index is 1.19. The van der Waals surface area contributed by atoms with Gasteiger partial charge in [0.25, 0.3) is 0 Å². The second-order valence-corrected chi connectivity index (χ2v) is 9.36. The molecule has 1 heteroatoms. The predicted molar refractivity (Wildman–Crippen MR) is 148 cm³/mol. The lowest BCUT2D eigenvalue weighted by atomic mass is 9.98. The molecule has 0 bridgehead atoms. The maximum atomic E-state index is 2.43. The molecule has 0 saturated heterocycles. The van der Waals surface area contributed by atoms with Gasteiger partial charge in [0.15, 0.2) is 0 Å². The summed E-state index contributed by atoms with van der Waals surface area (Å²) in [6, 6.07) is 46.4. The molecule has 0 fully saturated rings. The SMILES string of the molecule is c1ccc(-c2cccc(-n3c4ccccc4c4c5c(ccc43)-c3cccc4cccc-5c34)c2)cc1. The molecule has 0 saturated carbocycles. The Hall–Kier alpha value is -4.62. The van der Waals surface area contributed by atoms with Crippen LogP contribution in [0.4, 0.5) is 0 Å². The van der Waals surface area contributed by atoms with Crippen molar-refractivity contribution in [3.63, 3.8) is 0 Å². The summed E-state index contributed by atoms with van der Waals surface area (Å²) in [6.07, 6.45) is 0. The van der Waals surface area contributed by atoms with E-state index in [0.29, 0.717) is 0 Å². The lowest BCUT2D eigenvalue weighted by Gasteiger charge is -2.11. The van der Waals surface area contributed by atoms with Crippen LogP contribution in [0.15, 0.2) is 127 Å². The van der Waals surface area contributed by atoms with Crippen molar-refractivity contribution in [3.8, 4) is 39.1 Å². The van der Waals surface area contributed by atoms with Crippen molar-refractivity contribution in [1.29, 1.82) is 0 Å². The van der Waals surface area contributed by atoms with E-state index < -0.39 is 0 Å². The number of hydrogen-bond acceptors (Lipinski definition) is 0. The lowest BCUT2D eigenvalue weighted by Crippen LogP contribution is -1.94. The van der Waals surface area contributed by atoms with Crippen molar-refractivity contribution in [2.24, 2.45) is 0 Å². The lowest BCUT2D eigenvalue weighted by molar-refractivity contribution is 1.18. The Kier molecular flexibility index (Phi) is 3.72. The van der Waals surface area contributed by atoms with Crippen LogP contribution in [0, 0.1) is 0 Å². The predicted octanol–water partition coefficient (Wildman–Crippen LogP) is 9.25. The molecule has 1 aliphatic rings. The highest BCUT2D eigenvalue weighted by molar-refractivity contribution is 6.26. The highest BCUT2D eigenvalue weighted by Crippen LogP contribution is 2.52. The van der Waals surface area contributed by atoms with E-state index >= 15 is 0 Å². The molecule has 8 rings (SSSR count). The number of para-hydroxylation sites is 1. The van der Waals surface area contributed by atoms with Crippen LogP contribution in [0.25, 0.3) is 71.6 Å². The summed E-state index contributed by atoms with van der Waals surface area (Å²) in [4.78, 5) is 0. The van der Waals surface area contributed by atoms with Crippen molar-refractivity contribution in [1.82, 2.24) is 4.57 Å². The molecule has 7 aromatic rings. The molecule has 1 nitrogen and oxygen atoms in total. The van der Waals surface area contributed by atoms with E-state index in [2.05, 4.69) is 132 Å². The van der Waals surface area contributed by atoms with Gasteiger partial charge in [0.2, 0.25) is 0 Å². The van der Waals surface area contributed by atoms with E-state index in [0.717, 1.165) is 0 Å². The number of hydrogen-bond donors (Lipinski definition) is 0. The minimum Gasteiger partial charge on any atom is -0.309 e. The monoisotopic (exact) mass is 443 g/mol. The molecule has 35 heavy (non-hydrogen) atoms. The summed E-state index contributed by atoms with van der Waals surface area (Å²) in [5.74, 6) is 0. The van der Waals surface area contributed by atoms with Gasteiger partial charge in [-0.25, -0.2) is 0 Å². The Labute approximate surface area is 203 Å². The molecule has 1 heterocycles. The van der Waals surface area contributed by atoms with Crippen LogP contribution < -0.4 is 0 Å². The molecule has 0 radical (unpaired) electrons. The van der Waals surface area contributed by atoms with Gasteiger partial charge in [0.05, 0.1) is 11.0 Å². The van der Waals surface area contributed by atoms with Gasteiger partial charge in [0.1, 0.15) is 0 Å². The average Bonchev–Trinajstić information content (AvgIpc) is 3.44. The molecule has 162 valence electrons. The molecule has 1 aliphatic carbocycles. The fourth-order valence-electron chi connectivity index (χ4n) is 6.07. The first-order valence-electron chi connectivity index (χ1n) is 12.1. The largest absolute Gasteiger partial charge is 0.309 e. The van der Waals surface area contributed by atoms with Crippen molar-refractivity contribution in [2.75, 3.05) is 0 Å². The van der Waals surface area contributed by atoms with E-state index in [-0.39, 0.29) is 0 Å². The molecule has 0 aliphatic heterocycles. The van der Waals surface area contributed by atoms with Gasteiger partial charge in [-0.2, -0.15) is 0 Å². The van der Waals surface area contributed by atoms with E-state index in [1.807, 2.05) is 0 Å². The average molecular weight is 444 g/mol. The van der Waals surface area contributed by atoms with Crippen LogP contribution in [0.1, 0.15) is 0 Å². The number of benzene rings is 6. The molecule has 0 amide bonds. The Morgan fingerprint density at radius 3 is 2.06 bits per heavy atom. The topological polar surface area (TPSA) is 4.93 Å². The van der Waals surface area contributed by atoms with Gasteiger partial charge in [-0.05, 0) is 62.9 Å². The zero-order valence-corrected chi connectivity index (χ0v) is 19.1. The van der Waals surface area contributed by atoms with Crippen LogP contribution in [0.2, 0.25) is 0 Å². The Morgan fingerprint density at radius 2 is 1.17 bits per heavy atom. The first-order valence-corrected chi connectivity index (χ1v) is 12.1. The van der Waals surface area contributed by atoms with E-state index in [9.17, 15) is 0 Å². The second kappa shape index (κ2) is 6.94. The van der Waals surface area contributed by atoms with Crippen LogP contribution in [-0.4, -0.2) is 4.57 Å². The molecule has 0 spiro atoms. The quantitative estimate of drug-likeness (QED) is 0.251. The summed E-state index contributed by atoms with van der Waals surface area (Å²) in [7, 11) is 0. The highest BCUT2D eigenvalue weighted by Gasteiger charge is 2.26. The number of fused-ring (bicyclic) bond motifs is 7. The fraction of sp³-hybridized carbons (Fsp3) is 0. The third kappa shape index (κ3) is 2.53. The van der Waals surface area contributed by atoms with Crippen LogP contribution in [-0.2, 0) is 0 Å². The standard InChI is InChI=1S/C34H21N/c1-2-9-22(10-3-1)24-13-6-14-25(21-24)35-30-18-5-4-15-28(30)34-31(35)20-19-27-26-16-7-11-23-12-8-17-29(32(23)26)33(27)34/h1-21H. The smallest absolute Gasteiger partial charge is 0.0547 e. The van der Waals surface area contributed by atoms with Crippen molar-refractivity contribution in [2.45, 2.75) is 0 Å². The summed E-state index contributed by atoms with van der Waals surface area (Å²) in [6.45, 7) is 0. The van der Waals surface area contributed by atoms with Crippen molar-refractivity contribution >= 4 is 32.6 Å². The summed E-state index contributed by atoms with van der Waals surface area (Å²) in [5, 5.41) is 5.32. The summed E-state index contributed by atoms with van der Waals surface area (Å²) < 4.78 is 2.43. The number of rotatable bonds is 2. The molecule has 6 aromatic carbocycles. The van der Waals surface area contributed by atoms with Gasteiger partial charge in [-0.1, -0.05) is 103 Å². The van der Waals surface area contributed by atoms with Crippen LogP contribution in [0.5, 0.6) is 0 Å². The first-order chi connectivity index (χ1) is 17.4. The Balaban J connectivity index is 1.48. The molecular formula is C34H21N. The molecule has 0 N–H and O–H groups in total. The fourth-order valence-corrected chi connectivity index (χ4v) is 6.07. The van der Waals surface area contributed by atoms with Gasteiger partial charge in [-0.15, -0.1) is 0 Å². The van der Waals surface area contributed by atoms with Gasteiger partial charge < -0.3 is 4.57 Å². The highest BCUT2D eigenvalue weighted by atomic mass is 15.0. The maximum absolute atomic E-state index is 2.43. The zero-order chi connectivity index (χ0) is 22.9. The second-order valence-electron chi connectivity index (χ2n) is 9.36. The van der Waals surface area contributed by atoms with Gasteiger partial charge in [-0.3, -0.25) is 0 Å². The van der Waals surface area contributed by atoms with E-state index in [1.54, 1.807) is 0 Å². The Bertz CT molecular complexity index is 1930. The van der Waals surface area contributed by atoms with Crippen LogP contribution in [0.3, 0.4) is 0 Å². The van der Waals surface area contributed by atoms with Gasteiger partial charge >= 0.3 is 0 Å². The van der Waals surface area contributed by atoms with Crippen molar-refractivity contribution < 1.29 is 0 Å².